The number of anilines is 1. The second-order valence-electron chi connectivity index (χ2n) is 6.88. The number of hydrogen-bond acceptors (Lipinski definition) is 5. The Morgan fingerprint density at radius 1 is 0.833 bits per heavy atom. The van der Waals surface area contributed by atoms with Gasteiger partial charge in [-0.1, -0.05) is 30.3 Å². The molecule has 4 aromatic rings. The molecule has 30 heavy (non-hydrogen) atoms. The van der Waals surface area contributed by atoms with Gasteiger partial charge in [0, 0.05) is 22.7 Å². The van der Waals surface area contributed by atoms with E-state index in [1.807, 2.05) is 18.2 Å². The molecule has 0 unspecified atom stereocenters. The molecule has 1 N–H and O–H groups in total. The van der Waals surface area contributed by atoms with Crippen molar-refractivity contribution in [2.45, 2.75) is 0 Å². The lowest BCUT2D eigenvalue weighted by Gasteiger charge is -2.19. The molecule has 3 aromatic carbocycles. The molecule has 1 aromatic heterocycles. The SMILES string of the molecule is O=C(Nc1ccc2c(c1)OCCO2)c1cccc(-c2cc3ccccc3oc2=O)c1. The fourth-order valence-electron chi connectivity index (χ4n) is 3.42. The van der Waals surface area contributed by atoms with Crippen molar-refractivity contribution in [3.63, 3.8) is 0 Å². The molecule has 1 aliphatic rings. The molecule has 0 saturated heterocycles. The van der Waals surface area contributed by atoms with Gasteiger partial charge in [-0.25, -0.2) is 4.79 Å². The van der Waals surface area contributed by atoms with Crippen LogP contribution >= 0.6 is 0 Å². The van der Waals surface area contributed by atoms with Crippen molar-refractivity contribution in [3.05, 3.63) is 88.8 Å². The number of carbonyl (C=O) groups is 1. The number of ether oxygens (including phenoxy) is 2. The third kappa shape index (κ3) is 3.39. The first-order valence-electron chi connectivity index (χ1n) is 9.52. The van der Waals surface area contributed by atoms with E-state index < -0.39 is 5.63 Å². The molecule has 5 rings (SSSR count). The average Bonchev–Trinajstić information content (AvgIpc) is 2.78. The van der Waals surface area contributed by atoms with Gasteiger partial charge >= 0.3 is 5.63 Å². The minimum atomic E-state index is -0.446. The molecule has 1 amide bonds. The highest BCUT2D eigenvalue weighted by Gasteiger charge is 2.15. The second kappa shape index (κ2) is 7.40. The summed E-state index contributed by atoms with van der Waals surface area (Å²) in [5, 5.41) is 3.67. The van der Waals surface area contributed by atoms with Gasteiger partial charge in [-0.05, 0) is 42.0 Å². The van der Waals surface area contributed by atoms with Crippen molar-refractivity contribution >= 4 is 22.6 Å². The molecule has 6 heteroatoms. The monoisotopic (exact) mass is 399 g/mol. The maximum atomic E-state index is 12.8. The molecule has 0 aliphatic carbocycles. The highest BCUT2D eigenvalue weighted by Crippen LogP contribution is 2.32. The molecule has 0 radical (unpaired) electrons. The highest BCUT2D eigenvalue weighted by atomic mass is 16.6. The summed E-state index contributed by atoms with van der Waals surface area (Å²) >= 11 is 0. The van der Waals surface area contributed by atoms with Gasteiger partial charge in [0.1, 0.15) is 18.8 Å². The van der Waals surface area contributed by atoms with Crippen LogP contribution in [0.3, 0.4) is 0 Å². The van der Waals surface area contributed by atoms with Gasteiger partial charge in [0.2, 0.25) is 0 Å². The normalized spacial score (nSPS) is 12.5. The third-order valence-electron chi connectivity index (χ3n) is 4.88. The zero-order chi connectivity index (χ0) is 20.5. The molecule has 0 fully saturated rings. The fraction of sp³-hybridized carbons (Fsp3) is 0.0833. The van der Waals surface area contributed by atoms with E-state index in [-0.39, 0.29) is 5.91 Å². The summed E-state index contributed by atoms with van der Waals surface area (Å²) in [6, 6.07) is 21.2. The Kier molecular flexibility index (Phi) is 4.44. The van der Waals surface area contributed by atoms with Crippen LogP contribution in [0.1, 0.15) is 10.4 Å². The summed E-state index contributed by atoms with van der Waals surface area (Å²) in [7, 11) is 0. The molecule has 1 aliphatic heterocycles. The number of hydrogen-bond donors (Lipinski definition) is 1. The van der Waals surface area contributed by atoms with Crippen LogP contribution in [0.4, 0.5) is 5.69 Å². The Labute approximate surface area is 171 Å². The van der Waals surface area contributed by atoms with E-state index >= 15 is 0 Å². The molecule has 0 bridgehead atoms. The second-order valence-corrected chi connectivity index (χ2v) is 6.88. The van der Waals surface area contributed by atoms with Crippen molar-refractivity contribution in [2.75, 3.05) is 18.5 Å². The predicted octanol–water partition coefficient (Wildman–Crippen LogP) is 4.48. The van der Waals surface area contributed by atoms with Crippen molar-refractivity contribution in [1.82, 2.24) is 0 Å². The van der Waals surface area contributed by atoms with Crippen molar-refractivity contribution < 1.29 is 18.7 Å². The minimum absolute atomic E-state index is 0.293. The van der Waals surface area contributed by atoms with Crippen LogP contribution in [0.15, 0.2) is 82.0 Å². The Morgan fingerprint density at radius 3 is 2.57 bits per heavy atom. The van der Waals surface area contributed by atoms with E-state index in [0.29, 0.717) is 52.7 Å². The standard InChI is InChI=1S/C24H17NO5/c26-23(25-18-8-9-21-22(14-18)29-11-10-28-21)17-6-3-5-15(12-17)19-13-16-4-1-2-7-20(16)30-24(19)27/h1-9,12-14H,10-11H2,(H,25,26). The van der Waals surface area contributed by atoms with Gasteiger partial charge in [-0.3, -0.25) is 4.79 Å². The Bertz CT molecular complexity index is 1320. The maximum absolute atomic E-state index is 12.8. The molecule has 6 nitrogen and oxygen atoms in total. The largest absolute Gasteiger partial charge is 0.486 e. The van der Waals surface area contributed by atoms with E-state index in [1.165, 1.54) is 0 Å². The lowest BCUT2D eigenvalue weighted by molar-refractivity contribution is 0.102. The topological polar surface area (TPSA) is 77.8 Å². The molecule has 2 heterocycles. The van der Waals surface area contributed by atoms with E-state index in [2.05, 4.69) is 5.32 Å². The first kappa shape index (κ1) is 18.0. The Balaban J connectivity index is 1.44. The van der Waals surface area contributed by atoms with Crippen molar-refractivity contribution in [1.29, 1.82) is 0 Å². The molecule has 0 saturated carbocycles. The highest BCUT2D eigenvalue weighted by molar-refractivity contribution is 6.05. The van der Waals surface area contributed by atoms with Crippen LogP contribution in [0, 0.1) is 0 Å². The zero-order valence-electron chi connectivity index (χ0n) is 15.9. The van der Waals surface area contributed by atoms with Gasteiger partial charge in [-0.15, -0.1) is 0 Å². The van der Waals surface area contributed by atoms with Crippen molar-refractivity contribution in [2.24, 2.45) is 0 Å². The number of para-hydroxylation sites is 1. The van der Waals surface area contributed by atoms with Crippen LogP contribution < -0.4 is 20.4 Å². The van der Waals surface area contributed by atoms with Gasteiger partial charge in [0.25, 0.3) is 5.91 Å². The number of nitrogens with one attached hydrogen (secondary N) is 1. The zero-order valence-corrected chi connectivity index (χ0v) is 15.9. The predicted molar refractivity (Wildman–Crippen MR) is 113 cm³/mol. The summed E-state index contributed by atoms with van der Waals surface area (Å²) in [6.45, 7) is 0.981. The Hall–Kier alpha value is -4.06. The number of rotatable bonds is 3. The fourth-order valence-corrected chi connectivity index (χ4v) is 3.42. The first-order valence-corrected chi connectivity index (χ1v) is 9.52. The smallest absolute Gasteiger partial charge is 0.344 e. The summed E-state index contributed by atoms with van der Waals surface area (Å²) in [4.78, 5) is 25.2. The average molecular weight is 399 g/mol. The summed E-state index contributed by atoms with van der Waals surface area (Å²) in [5.41, 5.74) is 2.12. The van der Waals surface area contributed by atoms with E-state index in [9.17, 15) is 9.59 Å². The van der Waals surface area contributed by atoms with Gasteiger partial charge < -0.3 is 19.2 Å². The maximum Gasteiger partial charge on any atom is 0.344 e. The number of benzene rings is 3. The molecular formula is C24H17NO5. The van der Waals surface area contributed by atoms with Gasteiger partial charge in [0.15, 0.2) is 11.5 Å². The minimum Gasteiger partial charge on any atom is -0.486 e. The van der Waals surface area contributed by atoms with Crippen LogP contribution in [-0.4, -0.2) is 19.1 Å². The summed E-state index contributed by atoms with van der Waals surface area (Å²) < 4.78 is 16.5. The lowest BCUT2D eigenvalue weighted by Crippen LogP contribution is -2.16. The molecule has 0 atom stereocenters. The van der Waals surface area contributed by atoms with Crippen LogP contribution in [0.5, 0.6) is 11.5 Å². The molecule has 148 valence electrons. The lowest BCUT2D eigenvalue weighted by atomic mass is 10.0. The van der Waals surface area contributed by atoms with Crippen LogP contribution in [0.2, 0.25) is 0 Å². The van der Waals surface area contributed by atoms with E-state index in [0.717, 1.165) is 5.39 Å². The van der Waals surface area contributed by atoms with Gasteiger partial charge in [0.05, 0.1) is 5.56 Å². The van der Waals surface area contributed by atoms with E-state index in [4.69, 9.17) is 13.9 Å². The van der Waals surface area contributed by atoms with Crippen LogP contribution in [0.25, 0.3) is 22.1 Å². The van der Waals surface area contributed by atoms with Crippen molar-refractivity contribution in [3.8, 4) is 22.6 Å². The molecular weight excluding hydrogens is 382 g/mol. The quantitative estimate of drug-likeness (QED) is 0.514. The summed E-state index contributed by atoms with van der Waals surface area (Å²) in [6.07, 6.45) is 0. The Morgan fingerprint density at radius 2 is 1.67 bits per heavy atom. The van der Waals surface area contributed by atoms with Crippen LogP contribution in [-0.2, 0) is 0 Å². The van der Waals surface area contributed by atoms with Gasteiger partial charge in [-0.2, -0.15) is 0 Å². The summed E-state index contributed by atoms with van der Waals surface area (Å²) in [5.74, 6) is 0.963. The first-order chi connectivity index (χ1) is 14.7. The number of fused-ring (bicyclic) bond motifs is 2. The molecule has 0 spiro atoms. The third-order valence-corrected chi connectivity index (χ3v) is 4.88. The number of amides is 1. The van der Waals surface area contributed by atoms with E-state index in [1.54, 1.807) is 54.6 Å². The number of carbonyl (C=O) groups excluding carboxylic acids is 1.